The molecule has 4 rings (SSSR count). The maximum absolute atomic E-state index is 13.3. The van der Waals surface area contributed by atoms with Crippen LogP contribution in [0.2, 0.25) is 5.02 Å². The lowest BCUT2D eigenvalue weighted by Crippen LogP contribution is -2.32. The molecule has 156 valence electrons. The largest absolute Gasteiger partial charge is 0.350 e. The van der Waals surface area contributed by atoms with Crippen LogP contribution in [0.3, 0.4) is 0 Å². The summed E-state index contributed by atoms with van der Waals surface area (Å²) < 4.78 is 13.3. The number of nitrogens with zero attached hydrogens (tertiary/aromatic N) is 1. The van der Waals surface area contributed by atoms with Gasteiger partial charge < -0.3 is 5.32 Å². The number of carbonyl (C=O) groups is 2. The summed E-state index contributed by atoms with van der Waals surface area (Å²) in [5, 5.41) is 3.47. The van der Waals surface area contributed by atoms with Gasteiger partial charge in [-0.05, 0) is 67.9 Å². The summed E-state index contributed by atoms with van der Waals surface area (Å²) in [6.07, 6.45) is 0. The van der Waals surface area contributed by atoms with Gasteiger partial charge in [-0.15, -0.1) is 0 Å². The second-order valence-electron chi connectivity index (χ2n) is 7.13. The van der Waals surface area contributed by atoms with Gasteiger partial charge in [0.2, 0.25) is 0 Å². The molecule has 0 bridgehead atoms. The van der Waals surface area contributed by atoms with Crippen molar-refractivity contribution in [2.75, 3.05) is 10.2 Å². The molecule has 0 fully saturated rings. The van der Waals surface area contributed by atoms with Crippen LogP contribution in [0.4, 0.5) is 15.8 Å². The van der Waals surface area contributed by atoms with Gasteiger partial charge in [0.1, 0.15) is 16.4 Å². The fraction of sp³-hybridized carbons (Fsp3) is 0.0833. The fourth-order valence-electron chi connectivity index (χ4n) is 3.07. The van der Waals surface area contributed by atoms with Crippen LogP contribution < -0.4 is 10.2 Å². The van der Waals surface area contributed by atoms with Crippen molar-refractivity contribution in [1.82, 2.24) is 0 Å². The molecule has 0 saturated carbocycles. The first-order chi connectivity index (χ1) is 14.8. The van der Waals surface area contributed by atoms with Crippen molar-refractivity contribution in [2.24, 2.45) is 0 Å². The highest BCUT2D eigenvalue weighted by Crippen LogP contribution is 2.38. The monoisotopic (exact) mass is 452 g/mol. The van der Waals surface area contributed by atoms with Gasteiger partial charge in [-0.25, -0.2) is 9.29 Å². The van der Waals surface area contributed by atoms with E-state index in [9.17, 15) is 14.0 Å². The predicted octanol–water partition coefficient (Wildman–Crippen LogP) is 6.09. The van der Waals surface area contributed by atoms with Gasteiger partial charge in [0.25, 0.3) is 11.8 Å². The summed E-state index contributed by atoms with van der Waals surface area (Å²) in [4.78, 5) is 28.8. The minimum Gasteiger partial charge on any atom is -0.350 e. The lowest BCUT2D eigenvalue weighted by Gasteiger charge is -2.16. The molecule has 0 spiro atoms. The van der Waals surface area contributed by atoms with E-state index in [1.165, 1.54) is 36.0 Å². The van der Waals surface area contributed by atoms with E-state index in [4.69, 9.17) is 11.6 Å². The van der Waals surface area contributed by atoms with Crippen molar-refractivity contribution < 1.29 is 14.0 Å². The van der Waals surface area contributed by atoms with E-state index in [-0.39, 0.29) is 10.6 Å². The summed E-state index contributed by atoms with van der Waals surface area (Å²) in [5.41, 5.74) is 2.97. The molecule has 0 aliphatic carbocycles. The van der Waals surface area contributed by atoms with E-state index in [1.807, 2.05) is 38.1 Å². The number of aryl methyl sites for hydroxylation is 2. The third-order valence-electron chi connectivity index (χ3n) is 4.81. The van der Waals surface area contributed by atoms with Crippen molar-refractivity contribution in [1.29, 1.82) is 0 Å². The highest BCUT2D eigenvalue weighted by Gasteiger charge is 2.40. The van der Waals surface area contributed by atoms with Crippen LogP contribution in [-0.2, 0) is 9.59 Å². The Labute approximate surface area is 188 Å². The van der Waals surface area contributed by atoms with Crippen molar-refractivity contribution >= 4 is 46.6 Å². The molecule has 4 nitrogen and oxygen atoms in total. The first-order valence-electron chi connectivity index (χ1n) is 9.50. The average Bonchev–Trinajstić information content (AvgIpc) is 2.97. The maximum Gasteiger partial charge on any atom is 0.283 e. The highest BCUT2D eigenvalue weighted by atomic mass is 35.5. The van der Waals surface area contributed by atoms with Crippen LogP contribution in [0.15, 0.2) is 82.2 Å². The van der Waals surface area contributed by atoms with Crippen molar-refractivity contribution in [3.05, 3.63) is 99.3 Å². The number of benzene rings is 3. The number of rotatable bonds is 5. The Balaban J connectivity index is 1.74. The maximum atomic E-state index is 13.3. The lowest BCUT2D eigenvalue weighted by molar-refractivity contribution is -0.120. The zero-order chi connectivity index (χ0) is 22.1. The Kier molecular flexibility index (Phi) is 5.85. The molecule has 7 heteroatoms. The molecule has 1 aliphatic rings. The lowest BCUT2D eigenvalue weighted by atomic mass is 10.2. The molecule has 1 heterocycles. The average molecular weight is 453 g/mol. The van der Waals surface area contributed by atoms with Gasteiger partial charge in [-0.1, -0.05) is 47.1 Å². The van der Waals surface area contributed by atoms with E-state index in [0.29, 0.717) is 16.4 Å². The van der Waals surface area contributed by atoms with Crippen molar-refractivity contribution in [3.63, 3.8) is 0 Å². The van der Waals surface area contributed by atoms with Gasteiger partial charge in [0.15, 0.2) is 0 Å². The molecule has 3 aromatic carbocycles. The summed E-state index contributed by atoms with van der Waals surface area (Å²) in [5.74, 6) is -1.33. The smallest absolute Gasteiger partial charge is 0.283 e. The van der Waals surface area contributed by atoms with Crippen molar-refractivity contribution in [3.8, 4) is 0 Å². The third kappa shape index (κ3) is 4.36. The Bertz CT molecular complexity index is 1140. The van der Waals surface area contributed by atoms with Crippen LogP contribution in [-0.4, -0.2) is 11.8 Å². The molecule has 3 aromatic rings. The third-order valence-corrected chi connectivity index (χ3v) is 6.31. The molecule has 1 aliphatic heterocycles. The molecule has 0 unspecified atom stereocenters. The number of carbonyl (C=O) groups excluding carboxylic acids is 2. The fourth-order valence-corrected chi connectivity index (χ4v) is 4.17. The van der Waals surface area contributed by atoms with Crippen LogP contribution in [0.25, 0.3) is 0 Å². The topological polar surface area (TPSA) is 49.4 Å². The number of hydrogen-bond acceptors (Lipinski definition) is 4. The SMILES string of the molecule is Cc1ccc(SC2=C(Nc3ccc(F)cc3)C(=O)N(c3ccc(C)c(Cl)c3)C2=O)cc1. The zero-order valence-electron chi connectivity index (χ0n) is 16.8. The Hall–Kier alpha value is -3.09. The van der Waals surface area contributed by atoms with Crippen LogP contribution in [0.1, 0.15) is 11.1 Å². The number of halogens is 2. The quantitative estimate of drug-likeness (QED) is 0.476. The van der Waals surface area contributed by atoms with E-state index < -0.39 is 17.6 Å². The Morgan fingerprint density at radius 3 is 2.23 bits per heavy atom. The molecule has 1 N–H and O–H groups in total. The van der Waals surface area contributed by atoms with E-state index >= 15 is 0 Å². The molecular formula is C24H18ClFN2O2S. The minimum atomic E-state index is -0.496. The normalized spacial score (nSPS) is 13.9. The number of hydrogen-bond donors (Lipinski definition) is 1. The summed E-state index contributed by atoms with van der Waals surface area (Å²) in [6.45, 7) is 3.82. The number of amides is 2. The zero-order valence-corrected chi connectivity index (χ0v) is 18.4. The van der Waals surface area contributed by atoms with Gasteiger partial charge in [-0.3, -0.25) is 9.59 Å². The highest BCUT2D eigenvalue weighted by molar-refractivity contribution is 8.04. The summed E-state index contributed by atoms with van der Waals surface area (Å²) >= 11 is 7.44. The molecule has 0 radical (unpaired) electrons. The molecule has 2 amide bonds. The number of nitrogens with one attached hydrogen (secondary N) is 1. The molecule has 0 aromatic heterocycles. The molecular weight excluding hydrogens is 435 g/mol. The molecule has 0 atom stereocenters. The second kappa shape index (κ2) is 8.57. The van der Waals surface area contributed by atoms with Crippen molar-refractivity contribution in [2.45, 2.75) is 18.7 Å². The Morgan fingerprint density at radius 1 is 0.903 bits per heavy atom. The van der Waals surface area contributed by atoms with E-state index in [1.54, 1.807) is 18.2 Å². The van der Waals surface area contributed by atoms with Gasteiger partial charge in [0, 0.05) is 15.6 Å². The number of anilines is 2. The molecule has 0 saturated heterocycles. The number of imide groups is 1. The van der Waals surface area contributed by atoms with E-state index in [2.05, 4.69) is 5.32 Å². The second-order valence-corrected chi connectivity index (χ2v) is 8.62. The van der Waals surface area contributed by atoms with Crippen LogP contribution >= 0.6 is 23.4 Å². The number of thioether (sulfide) groups is 1. The van der Waals surface area contributed by atoms with E-state index in [0.717, 1.165) is 20.9 Å². The van der Waals surface area contributed by atoms with Gasteiger partial charge in [0.05, 0.1) is 5.69 Å². The summed E-state index contributed by atoms with van der Waals surface area (Å²) in [6, 6.07) is 18.3. The minimum absolute atomic E-state index is 0.138. The van der Waals surface area contributed by atoms with Crippen LogP contribution in [0, 0.1) is 19.7 Å². The Morgan fingerprint density at radius 2 is 1.58 bits per heavy atom. The molecule has 31 heavy (non-hydrogen) atoms. The van der Waals surface area contributed by atoms with Gasteiger partial charge in [-0.2, -0.15) is 0 Å². The first kappa shape index (κ1) is 21.2. The van der Waals surface area contributed by atoms with Gasteiger partial charge >= 0.3 is 0 Å². The first-order valence-corrected chi connectivity index (χ1v) is 10.7. The standard InChI is InChI=1S/C24H18ClFN2O2S/c1-14-3-11-19(12-4-14)31-22-21(27-17-8-6-16(26)7-9-17)23(29)28(24(22)30)18-10-5-15(2)20(25)13-18/h3-13,27H,1-2H3. The van der Waals surface area contributed by atoms with Crippen LogP contribution in [0.5, 0.6) is 0 Å². The predicted molar refractivity (Wildman–Crippen MR) is 123 cm³/mol. The summed E-state index contributed by atoms with van der Waals surface area (Å²) in [7, 11) is 0.